The zero-order chi connectivity index (χ0) is 13.1. The monoisotopic (exact) mass is 267 g/mol. The number of aryl methyl sites for hydroxylation is 1. The average molecular weight is 268 g/mol. The molecule has 0 atom stereocenters. The molecule has 1 nitrogen and oxygen atoms in total. The molecular weight excluding hydrogens is 256 g/mol. The van der Waals surface area contributed by atoms with E-state index in [4.69, 9.17) is 11.6 Å². The molecule has 0 unspecified atom stereocenters. The Bertz CT molecular complexity index is 518. The first-order chi connectivity index (χ1) is 8.56. The third kappa shape index (κ3) is 2.99. The van der Waals surface area contributed by atoms with Crippen molar-refractivity contribution in [3.8, 4) is 0 Å². The van der Waals surface area contributed by atoms with Crippen LogP contribution in [0.3, 0.4) is 0 Å². The normalized spacial score (nSPS) is 10.4. The average Bonchev–Trinajstić information content (AvgIpc) is 2.35. The maximum absolute atomic E-state index is 13.1. The van der Waals surface area contributed by atoms with Gasteiger partial charge < -0.3 is 5.32 Å². The van der Waals surface area contributed by atoms with Crippen LogP contribution in [0.2, 0.25) is 5.02 Å². The second-order valence-corrected chi connectivity index (χ2v) is 4.47. The Morgan fingerprint density at radius 1 is 1.06 bits per heavy atom. The molecule has 18 heavy (non-hydrogen) atoms. The van der Waals surface area contributed by atoms with Gasteiger partial charge in [0.1, 0.15) is 11.6 Å². The molecule has 0 heterocycles. The quantitative estimate of drug-likeness (QED) is 0.861. The Morgan fingerprint density at radius 3 is 2.44 bits per heavy atom. The molecule has 2 rings (SSSR count). The van der Waals surface area contributed by atoms with Crippen molar-refractivity contribution in [3.63, 3.8) is 0 Å². The SMILES string of the molecule is Cc1cc(NCc2ccc(F)c(Cl)c2)ccc1F. The number of anilines is 1. The van der Waals surface area contributed by atoms with Gasteiger partial charge in [0.25, 0.3) is 0 Å². The van der Waals surface area contributed by atoms with Crippen LogP contribution in [0.4, 0.5) is 14.5 Å². The van der Waals surface area contributed by atoms with Crippen LogP contribution >= 0.6 is 11.6 Å². The van der Waals surface area contributed by atoms with E-state index in [0.29, 0.717) is 12.1 Å². The van der Waals surface area contributed by atoms with Crippen LogP contribution in [0.5, 0.6) is 0 Å². The Labute approximate surface area is 109 Å². The lowest BCUT2D eigenvalue weighted by Gasteiger charge is -2.08. The lowest BCUT2D eigenvalue weighted by atomic mass is 10.2. The molecule has 0 radical (unpaired) electrons. The molecular formula is C14H12ClF2N. The number of hydrogen-bond donors (Lipinski definition) is 1. The summed E-state index contributed by atoms with van der Waals surface area (Å²) in [4.78, 5) is 0. The molecule has 0 spiro atoms. The molecule has 0 fully saturated rings. The summed E-state index contributed by atoms with van der Waals surface area (Å²) in [5, 5.41) is 3.23. The maximum atomic E-state index is 13.1. The van der Waals surface area contributed by atoms with Crippen molar-refractivity contribution >= 4 is 17.3 Å². The van der Waals surface area contributed by atoms with E-state index in [0.717, 1.165) is 11.3 Å². The first-order valence-electron chi connectivity index (χ1n) is 5.50. The summed E-state index contributed by atoms with van der Waals surface area (Å²) in [7, 11) is 0. The summed E-state index contributed by atoms with van der Waals surface area (Å²) >= 11 is 5.69. The zero-order valence-corrected chi connectivity index (χ0v) is 10.6. The van der Waals surface area contributed by atoms with Gasteiger partial charge >= 0.3 is 0 Å². The molecule has 0 aliphatic carbocycles. The number of hydrogen-bond acceptors (Lipinski definition) is 1. The van der Waals surface area contributed by atoms with E-state index in [1.165, 1.54) is 12.1 Å². The van der Waals surface area contributed by atoms with E-state index in [2.05, 4.69) is 5.32 Å². The van der Waals surface area contributed by atoms with E-state index in [1.807, 2.05) is 0 Å². The minimum Gasteiger partial charge on any atom is -0.381 e. The maximum Gasteiger partial charge on any atom is 0.141 e. The molecule has 94 valence electrons. The third-order valence-electron chi connectivity index (χ3n) is 2.64. The van der Waals surface area contributed by atoms with Crippen molar-refractivity contribution < 1.29 is 8.78 Å². The smallest absolute Gasteiger partial charge is 0.141 e. The first kappa shape index (κ1) is 12.8. The van der Waals surface area contributed by atoms with Gasteiger partial charge in [-0.2, -0.15) is 0 Å². The highest BCUT2D eigenvalue weighted by molar-refractivity contribution is 6.30. The molecule has 2 aromatic rings. The highest BCUT2D eigenvalue weighted by Crippen LogP contribution is 2.18. The molecule has 1 N–H and O–H groups in total. The highest BCUT2D eigenvalue weighted by Gasteiger charge is 2.02. The summed E-state index contributed by atoms with van der Waals surface area (Å²) in [6.45, 7) is 2.21. The van der Waals surface area contributed by atoms with Gasteiger partial charge in [0.2, 0.25) is 0 Å². The van der Waals surface area contributed by atoms with Gasteiger partial charge in [-0.05, 0) is 48.4 Å². The Kier molecular flexibility index (Phi) is 3.82. The van der Waals surface area contributed by atoms with Crippen LogP contribution in [0, 0.1) is 18.6 Å². The fourth-order valence-electron chi connectivity index (χ4n) is 1.61. The summed E-state index contributed by atoms with van der Waals surface area (Å²) in [5.41, 5.74) is 2.26. The van der Waals surface area contributed by atoms with Crippen LogP contribution in [0.15, 0.2) is 36.4 Å². The summed E-state index contributed by atoms with van der Waals surface area (Å²) < 4.78 is 26.0. The Morgan fingerprint density at radius 2 is 1.78 bits per heavy atom. The fourth-order valence-corrected chi connectivity index (χ4v) is 1.81. The third-order valence-corrected chi connectivity index (χ3v) is 2.93. The van der Waals surface area contributed by atoms with Crippen molar-refractivity contribution in [2.45, 2.75) is 13.5 Å². The number of rotatable bonds is 3. The molecule has 0 saturated heterocycles. The van der Waals surface area contributed by atoms with Crippen molar-refractivity contribution in [1.82, 2.24) is 0 Å². The Balaban J connectivity index is 2.06. The molecule has 0 saturated carbocycles. The minimum absolute atomic E-state index is 0.101. The van der Waals surface area contributed by atoms with Gasteiger partial charge in [0, 0.05) is 12.2 Å². The fraction of sp³-hybridized carbons (Fsp3) is 0.143. The van der Waals surface area contributed by atoms with Crippen LogP contribution in [0.25, 0.3) is 0 Å². The van der Waals surface area contributed by atoms with Gasteiger partial charge in [0.05, 0.1) is 5.02 Å². The lowest BCUT2D eigenvalue weighted by Crippen LogP contribution is -2.00. The van der Waals surface area contributed by atoms with Crippen molar-refractivity contribution in [3.05, 3.63) is 64.2 Å². The predicted octanol–water partition coefficient (Wildman–Crippen LogP) is 4.54. The van der Waals surface area contributed by atoms with Crippen LogP contribution < -0.4 is 5.32 Å². The largest absolute Gasteiger partial charge is 0.381 e. The van der Waals surface area contributed by atoms with E-state index in [9.17, 15) is 8.78 Å². The molecule has 0 aromatic heterocycles. The van der Waals surface area contributed by atoms with Crippen LogP contribution in [-0.4, -0.2) is 0 Å². The van der Waals surface area contributed by atoms with E-state index < -0.39 is 5.82 Å². The van der Waals surface area contributed by atoms with Crippen LogP contribution in [-0.2, 0) is 6.54 Å². The van der Waals surface area contributed by atoms with E-state index in [1.54, 1.807) is 31.2 Å². The van der Waals surface area contributed by atoms with E-state index >= 15 is 0 Å². The second kappa shape index (κ2) is 5.36. The zero-order valence-electron chi connectivity index (χ0n) is 9.81. The molecule has 0 bridgehead atoms. The van der Waals surface area contributed by atoms with Gasteiger partial charge in [0.15, 0.2) is 0 Å². The van der Waals surface area contributed by atoms with Gasteiger partial charge in [-0.15, -0.1) is 0 Å². The predicted molar refractivity (Wildman–Crippen MR) is 69.9 cm³/mol. The second-order valence-electron chi connectivity index (χ2n) is 4.07. The minimum atomic E-state index is -0.432. The number of nitrogens with one attached hydrogen (secondary N) is 1. The van der Waals surface area contributed by atoms with Crippen molar-refractivity contribution in [2.75, 3.05) is 5.32 Å². The van der Waals surface area contributed by atoms with Gasteiger partial charge in [-0.3, -0.25) is 0 Å². The molecule has 0 aliphatic heterocycles. The standard InChI is InChI=1S/C14H12ClF2N/c1-9-6-11(3-5-13(9)16)18-8-10-2-4-14(17)12(15)7-10/h2-7,18H,8H2,1H3. The summed E-state index contributed by atoms with van der Waals surface area (Å²) in [5.74, 6) is -0.664. The molecule has 0 amide bonds. The number of halogens is 3. The van der Waals surface area contributed by atoms with Gasteiger partial charge in [-0.1, -0.05) is 17.7 Å². The lowest BCUT2D eigenvalue weighted by molar-refractivity contribution is 0.618. The topological polar surface area (TPSA) is 12.0 Å². The van der Waals surface area contributed by atoms with Crippen molar-refractivity contribution in [1.29, 1.82) is 0 Å². The first-order valence-corrected chi connectivity index (χ1v) is 5.88. The molecule has 2 aromatic carbocycles. The summed E-state index contributed by atoms with van der Waals surface area (Å²) in [6.07, 6.45) is 0. The summed E-state index contributed by atoms with van der Waals surface area (Å²) in [6, 6.07) is 9.35. The Hall–Kier alpha value is -1.61. The van der Waals surface area contributed by atoms with Crippen LogP contribution in [0.1, 0.15) is 11.1 Å². The number of benzene rings is 2. The van der Waals surface area contributed by atoms with Crippen molar-refractivity contribution in [2.24, 2.45) is 0 Å². The van der Waals surface area contributed by atoms with Gasteiger partial charge in [-0.25, -0.2) is 8.78 Å². The highest BCUT2D eigenvalue weighted by atomic mass is 35.5. The molecule has 0 aliphatic rings. The molecule has 4 heteroatoms. The van der Waals surface area contributed by atoms with E-state index in [-0.39, 0.29) is 10.8 Å².